The molecule has 0 aromatic rings. The second kappa shape index (κ2) is 5.42. The van der Waals surface area contributed by atoms with Crippen LogP contribution in [-0.2, 0) is 4.79 Å². The van der Waals surface area contributed by atoms with E-state index in [4.69, 9.17) is 5.11 Å². The highest BCUT2D eigenvalue weighted by atomic mass is 19.4. The summed E-state index contributed by atoms with van der Waals surface area (Å²) >= 11 is 0. The van der Waals surface area contributed by atoms with Gasteiger partial charge in [0.2, 0.25) is 0 Å². The summed E-state index contributed by atoms with van der Waals surface area (Å²) in [6.45, 7) is 3.48. The second-order valence-electron chi connectivity index (χ2n) is 6.05. The van der Waals surface area contributed by atoms with Gasteiger partial charge >= 0.3 is 18.6 Å². The highest BCUT2D eigenvalue weighted by molar-refractivity contribution is 5.73. The summed E-state index contributed by atoms with van der Waals surface area (Å²) in [6.07, 6.45) is -11.5. The van der Waals surface area contributed by atoms with E-state index in [0.29, 0.717) is 0 Å². The molecule has 0 saturated carbocycles. The first kappa shape index (κ1) is 19.0. The monoisotopic (exact) mass is 309 g/mol. The Hall–Kier alpha value is -0.990. The number of carbonyl (C=O) groups is 1. The molecule has 0 aliphatic carbocycles. The van der Waals surface area contributed by atoms with E-state index in [1.54, 1.807) is 0 Å². The van der Waals surface area contributed by atoms with Crippen molar-refractivity contribution in [2.45, 2.75) is 46.7 Å². The summed E-state index contributed by atoms with van der Waals surface area (Å²) < 4.78 is 74.6. The molecule has 0 saturated heterocycles. The minimum atomic E-state index is -5.57. The topological polar surface area (TPSA) is 40.5 Å². The molecule has 0 fully saturated rings. The Morgan fingerprint density at radius 3 is 1.55 bits per heavy atom. The Balaban J connectivity index is 5.19. The summed E-state index contributed by atoms with van der Waals surface area (Å²) in [7, 11) is 0. The number of carboxylic acids is 1. The van der Waals surface area contributed by atoms with Gasteiger partial charge in [-0.2, -0.15) is 26.3 Å². The maximum Gasteiger partial charge on any atom is 0.467 e. The first-order valence-electron chi connectivity index (χ1n) is 5.64. The van der Waals surface area contributed by atoms with Crippen molar-refractivity contribution >= 4 is 5.97 Å². The molecule has 1 N–H and O–H groups in total. The summed E-state index contributed by atoms with van der Waals surface area (Å²) in [5.41, 5.74) is -2.92. The van der Waals surface area contributed by atoms with Crippen LogP contribution in [0.2, 0.25) is 0 Å². The standard InChI is InChI=1S/C11H17F6NO2/c1-8(2,5-9(3,4)7(19)20)6-18(10(12,13)14)11(15,16)17/h5-6H2,1-4H3,(H,19,20). The predicted octanol–water partition coefficient (Wildman–Crippen LogP) is 3.86. The molecule has 20 heavy (non-hydrogen) atoms. The van der Waals surface area contributed by atoms with Crippen LogP contribution in [0, 0.1) is 10.8 Å². The molecule has 120 valence electrons. The van der Waals surface area contributed by atoms with Crippen LogP contribution in [0.5, 0.6) is 0 Å². The zero-order valence-electron chi connectivity index (χ0n) is 11.5. The van der Waals surface area contributed by atoms with Crippen LogP contribution in [0.1, 0.15) is 34.1 Å². The van der Waals surface area contributed by atoms with Gasteiger partial charge in [0.15, 0.2) is 0 Å². The fourth-order valence-electron chi connectivity index (χ4n) is 2.08. The number of halogens is 6. The van der Waals surface area contributed by atoms with Crippen LogP contribution in [0.3, 0.4) is 0 Å². The minimum Gasteiger partial charge on any atom is -0.481 e. The van der Waals surface area contributed by atoms with E-state index >= 15 is 0 Å². The van der Waals surface area contributed by atoms with E-state index in [2.05, 4.69) is 0 Å². The molecule has 0 aliphatic heterocycles. The Bertz CT molecular complexity index is 345. The van der Waals surface area contributed by atoms with Crippen LogP contribution in [0.4, 0.5) is 26.3 Å². The number of aliphatic carboxylic acids is 1. The Labute approximate surface area is 112 Å². The summed E-state index contributed by atoms with van der Waals surface area (Å²) in [4.78, 5) is 9.39. The van der Waals surface area contributed by atoms with Gasteiger partial charge in [-0.05, 0) is 25.7 Å². The van der Waals surface area contributed by atoms with Crippen molar-refractivity contribution in [1.29, 1.82) is 0 Å². The number of carboxylic acid groups (broad SMARTS) is 1. The maximum absolute atomic E-state index is 12.4. The zero-order chi connectivity index (χ0) is 16.6. The molecule has 0 aliphatic rings. The largest absolute Gasteiger partial charge is 0.481 e. The van der Waals surface area contributed by atoms with Gasteiger partial charge in [0.05, 0.1) is 5.41 Å². The SMILES string of the molecule is CC(C)(CN(C(F)(F)F)C(F)(F)F)CC(C)(C)C(=O)O. The lowest BCUT2D eigenvalue weighted by molar-refractivity contribution is -0.378. The van der Waals surface area contributed by atoms with Crippen LogP contribution < -0.4 is 0 Å². The number of hydrogen-bond acceptors (Lipinski definition) is 2. The molecule has 0 atom stereocenters. The van der Waals surface area contributed by atoms with Crippen molar-refractivity contribution in [2.75, 3.05) is 6.54 Å². The van der Waals surface area contributed by atoms with Crippen molar-refractivity contribution in [1.82, 2.24) is 4.90 Å². The first-order chi connectivity index (χ1) is 8.49. The van der Waals surface area contributed by atoms with Crippen molar-refractivity contribution in [3.63, 3.8) is 0 Å². The molecule has 0 amide bonds. The Kier molecular flexibility index (Phi) is 5.15. The fraction of sp³-hybridized carbons (Fsp3) is 0.909. The Morgan fingerprint density at radius 1 is 0.950 bits per heavy atom. The van der Waals surface area contributed by atoms with Gasteiger partial charge < -0.3 is 5.11 Å². The quantitative estimate of drug-likeness (QED) is 0.619. The predicted molar refractivity (Wildman–Crippen MR) is 58.6 cm³/mol. The van der Waals surface area contributed by atoms with Gasteiger partial charge in [-0.3, -0.25) is 4.79 Å². The average molecular weight is 309 g/mol. The van der Waals surface area contributed by atoms with Gasteiger partial charge in [-0.1, -0.05) is 13.8 Å². The van der Waals surface area contributed by atoms with Gasteiger partial charge in [-0.15, -0.1) is 4.90 Å². The van der Waals surface area contributed by atoms with Gasteiger partial charge in [0.25, 0.3) is 0 Å². The fourth-order valence-corrected chi connectivity index (χ4v) is 2.08. The number of nitrogens with zero attached hydrogens (tertiary/aromatic N) is 1. The molecule has 0 spiro atoms. The lowest BCUT2D eigenvalue weighted by Gasteiger charge is -2.37. The molecule has 3 nitrogen and oxygen atoms in total. The second-order valence-corrected chi connectivity index (χ2v) is 6.05. The number of rotatable bonds is 5. The lowest BCUT2D eigenvalue weighted by Crippen LogP contribution is -2.52. The van der Waals surface area contributed by atoms with Gasteiger partial charge in [-0.25, -0.2) is 0 Å². The lowest BCUT2D eigenvalue weighted by atomic mass is 9.75. The van der Waals surface area contributed by atoms with E-state index in [1.165, 1.54) is 27.7 Å². The van der Waals surface area contributed by atoms with Crippen molar-refractivity contribution in [3.8, 4) is 0 Å². The molecule has 0 unspecified atom stereocenters. The molecule has 0 bridgehead atoms. The van der Waals surface area contributed by atoms with Crippen LogP contribution in [0.15, 0.2) is 0 Å². The maximum atomic E-state index is 12.4. The van der Waals surface area contributed by atoms with E-state index in [9.17, 15) is 31.1 Å². The van der Waals surface area contributed by atoms with Crippen molar-refractivity contribution in [2.24, 2.45) is 10.8 Å². The van der Waals surface area contributed by atoms with Gasteiger partial charge in [0, 0.05) is 6.54 Å². The van der Waals surface area contributed by atoms with E-state index in [1.807, 2.05) is 0 Å². The van der Waals surface area contributed by atoms with E-state index < -0.39 is 40.8 Å². The normalized spacial score (nSPS) is 14.8. The van der Waals surface area contributed by atoms with Crippen LogP contribution in [-0.4, -0.2) is 35.1 Å². The van der Waals surface area contributed by atoms with Gasteiger partial charge in [0.1, 0.15) is 0 Å². The molecule has 9 heteroatoms. The summed E-state index contributed by atoms with van der Waals surface area (Å²) in [6, 6.07) is 0. The minimum absolute atomic E-state index is 0.335. The third kappa shape index (κ3) is 5.56. The molecule has 0 aromatic carbocycles. The van der Waals surface area contributed by atoms with Crippen molar-refractivity contribution in [3.05, 3.63) is 0 Å². The smallest absolute Gasteiger partial charge is 0.467 e. The molecule has 0 rings (SSSR count). The zero-order valence-corrected chi connectivity index (χ0v) is 11.5. The third-order valence-corrected chi connectivity index (χ3v) is 2.70. The van der Waals surface area contributed by atoms with Crippen LogP contribution >= 0.6 is 0 Å². The molecular formula is C11H17F6NO2. The summed E-state index contributed by atoms with van der Waals surface area (Å²) in [5, 5.41) is 8.90. The highest BCUT2D eigenvalue weighted by Crippen LogP contribution is 2.40. The third-order valence-electron chi connectivity index (χ3n) is 2.70. The first-order valence-corrected chi connectivity index (χ1v) is 5.64. The molecule has 0 aromatic heterocycles. The average Bonchev–Trinajstić information content (AvgIpc) is 2.08. The molecule has 0 heterocycles. The summed E-state index contributed by atoms with van der Waals surface area (Å²) in [5.74, 6) is -1.28. The highest BCUT2D eigenvalue weighted by Gasteiger charge is 2.55. The molecular weight excluding hydrogens is 292 g/mol. The van der Waals surface area contributed by atoms with E-state index in [0.717, 1.165) is 0 Å². The Morgan fingerprint density at radius 2 is 1.30 bits per heavy atom. The number of alkyl halides is 6. The van der Waals surface area contributed by atoms with E-state index in [-0.39, 0.29) is 6.42 Å². The number of hydrogen-bond donors (Lipinski definition) is 1. The molecule has 0 radical (unpaired) electrons. The van der Waals surface area contributed by atoms with Crippen molar-refractivity contribution < 1.29 is 36.2 Å². The van der Waals surface area contributed by atoms with Crippen LogP contribution in [0.25, 0.3) is 0 Å².